The van der Waals surface area contributed by atoms with Crippen molar-refractivity contribution in [3.8, 4) is 5.75 Å². The minimum Gasteiger partial charge on any atom is -0.490 e. The van der Waals surface area contributed by atoms with Crippen LogP contribution in [0.1, 0.15) is 19.8 Å². The standard InChI is InChI=1S/C13H14BrNO/c1-2-3-9-16-13-11(14)7-6-10-5-4-8-15-12(10)13/h4-8H,2-3,9H2,1H3. The zero-order valence-electron chi connectivity index (χ0n) is 9.24. The number of hydrogen-bond donors (Lipinski definition) is 0. The topological polar surface area (TPSA) is 22.1 Å². The largest absolute Gasteiger partial charge is 0.490 e. The first-order valence-electron chi connectivity index (χ1n) is 5.49. The predicted octanol–water partition coefficient (Wildman–Crippen LogP) is 4.18. The van der Waals surface area contributed by atoms with Crippen LogP contribution in [0.15, 0.2) is 34.9 Å². The van der Waals surface area contributed by atoms with Gasteiger partial charge < -0.3 is 4.74 Å². The molecule has 2 nitrogen and oxygen atoms in total. The fourth-order valence-electron chi connectivity index (χ4n) is 1.55. The van der Waals surface area contributed by atoms with Crippen LogP contribution in [-0.4, -0.2) is 11.6 Å². The molecule has 0 spiro atoms. The average molecular weight is 280 g/mol. The van der Waals surface area contributed by atoms with Gasteiger partial charge in [0.15, 0.2) is 5.75 Å². The summed E-state index contributed by atoms with van der Waals surface area (Å²) in [4.78, 5) is 4.37. The van der Waals surface area contributed by atoms with Gasteiger partial charge in [-0.05, 0) is 34.5 Å². The van der Waals surface area contributed by atoms with Gasteiger partial charge in [0.05, 0.1) is 11.1 Å². The quantitative estimate of drug-likeness (QED) is 0.784. The number of hydrogen-bond acceptors (Lipinski definition) is 2. The summed E-state index contributed by atoms with van der Waals surface area (Å²) in [6, 6.07) is 8.03. The van der Waals surface area contributed by atoms with Crippen molar-refractivity contribution in [1.82, 2.24) is 4.98 Å². The molecule has 1 aromatic heterocycles. The third-order valence-corrected chi connectivity index (χ3v) is 3.05. The highest BCUT2D eigenvalue weighted by Gasteiger charge is 2.07. The molecule has 1 aromatic carbocycles. The predicted molar refractivity (Wildman–Crippen MR) is 69.8 cm³/mol. The monoisotopic (exact) mass is 279 g/mol. The zero-order valence-corrected chi connectivity index (χ0v) is 10.8. The summed E-state index contributed by atoms with van der Waals surface area (Å²) in [5.74, 6) is 0.853. The first-order chi connectivity index (χ1) is 7.83. The summed E-state index contributed by atoms with van der Waals surface area (Å²) in [6.45, 7) is 2.89. The van der Waals surface area contributed by atoms with E-state index in [0.717, 1.165) is 40.6 Å². The maximum Gasteiger partial charge on any atom is 0.159 e. The van der Waals surface area contributed by atoms with Crippen LogP contribution < -0.4 is 4.74 Å². The maximum atomic E-state index is 5.78. The van der Waals surface area contributed by atoms with Crippen molar-refractivity contribution in [2.75, 3.05) is 6.61 Å². The Morgan fingerprint density at radius 1 is 1.31 bits per heavy atom. The van der Waals surface area contributed by atoms with E-state index in [0.29, 0.717) is 0 Å². The van der Waals surface area contributed by atoms with E-state index in [-0.39, 0.29) is 0 Å². The number of pyridine rings is 1. The van der Waals surface area contributed by atoms with E-state index in [9.17, 15) is 0 Å². The molecule has 0 atom stereocenters. The third-order valence-electron chi connectivity index (χ3n) is 2.42. The minimum absolute atomic E-state index is 0.741. The van der Waals surface area contributed by atoms with Crippen LogP contribution in [-0.2, 0) is 0 Å². The Balaban J connectivity index is 2.37. The summed E-state index contributed by atoms with van der Waals surface area (Å²) in [5.41, 5.74) is 0.924. The van der Waals surface area contributed by atoms with E-state index in [1.165, 1.54) is 0 Å². The SMILES string of the molecule is CCCCOc1c(Br)ccc2cccnc12. The molecule has 2 rings (SSSR count). The zero-order chi connectivity index (χ0) is 11.4. The Hall–Kier alpha value is -1.09. The number of ether oxygens (including phenoxy) is 1. The van der Waals surface area contributed by atoms with Crippen LogP contribution in [0.4, 0.5) is 0 Å². The van der Waals surface area contributed by atoms with Gasteiger partial charge in [-0.1, -0.05) is 25.5 Å². The summed E-state index contributed by atoms with van der Waals surface area (Å²) >= 11 is 3.50. The van der Waals surface area contributed by atoms with Gasteiger partial charge >= 0.3 is 0 Å². The molecule has 0 amide bonds. The molecule has 0 aliphatic heterocycles. The van der Waals surface area contributed by atoms with Gasteiger partial charge in [-0.15, -0.1) is 0 Å². The van der Waals surface area contributed by atoms with Crippen LogP contribution in [0.2, 0.25) is 0 Å². The van der Waals surface area contributed by atoms with Gasteiger partial charge in [0, 0.05) is 11.6 Å². The molecule has 0 aliphatic carbocycles. The molecule has 84 valence electrons. The number of unbranched alkanes of at least 4 members (excludes halogenated alkanes) is 1. The Kier molecular flexibility index (Phi) is 3.78. The second-order valence-corrected chi connectivity index (χ2v) is 4.51. The van der Waals surface area contributed by atoms with Gasteiger partial charge in [0.25, 0.3) is 0 Å². The Labute approximate surface area is 104 Å². The van der Waals surface area contributed by atoms with Crippen molar-refractivity contribution in [2.45, 2.75) is 19.8 Å². The Morgan fingerprint density at radius 2 is 2.19 bits per heavy atom. The van der Waals surface area contributed by atoms with Crippen molar-refractivity contribution in [2.24, 2.45) is 0 Å². The summed E-state index contributed by atoms with van der Waals surface area (Å²) < 4.78 is 6.75. The van der Waals surface area contributed by atoms with E-state index in [1.807, 2.05) is 24.3 Å². The molecule has 0 aliphatic rings. The molecule has 0 fully saturated rings. The number of aromatic nitrogens is 1. The van der Waals surface area contributed by atoms with Crippen molar-refractivity contribution >= 4 is 26.8 Å². The summed E-state index contributed by atoms with van der Waals surface area (Å²) in [6.07, 6.45) is 3.99. The van der Waals surface area contributed by atoms with Crippen LogP contribution in [0.3, 0.4) is 0 Å². The van der Waals surface area contributed by atoms with E-state index in [4.69, 9.17) is 4.74 Å². The number of nitrogens with zero attached hydrogens (tertiary/aromatic N) is 1. The lowest BCUT2D eigenvalue weighted by Crippen LogP contribution is -1.98. The van der Waals surface area contributed by atoms with Gasteiger partial charge in [0.2, 0.25) is 0 Å². The molecule has 0 saturated heterocycles. The van der Waals surface area contributed by atoms with Crippen molar-refractivity contribution in [3.63, 3.8) is 0 Å². The van der Waals surface area contributed by atoms with Gasteiger partial charge in [-0.3, -0.25) is 4.98 Å². The molecular formula is C13H14BrNO. The average Bonchev–Trinajstić information content (AvgIpc) is 2.32. The third kappa shape index (κ3) is 2.35. The summed E-state index contributed by atoms with van der Waals surface area (Å²) in [5, 5.41) is 1.11. The van der Waals surface area contributed by atoms with Crippen LogP contribution in [0.25, 0.3) is 10.9 Å². The minimum atomic E-state index is 0.741. The first kappa shape index (κ1) is 11.4. The van der Waals surface area contributed by atoms with Gasteiger partial charge in [-0.25, -0.2) is 0 Å². The number of rotatable bonds is 4. The van der Waals surface area contributed by atoms with Crippen LogP contribution >= 0.6 is 15.9 Å². The van der Waals surface area contributed by atoms with E-state index >= 15 is 0 Å². The molecule has 0 radical (unpaired) electrons. The second-order valence-electron chi connectivity index (χ2n) is 3.65. The molecular weight excluding hydrogens is 266 g/mol. The van der Waals surface area contributed by atoms with Crippen LogP contribution in [0.5, 0.6) is 5.75 Å². The number of halogens is 1. The lowest BCUT2D eigenvalue weighted by Gasteiger charge is -2.09. The smallest absolute Gasteiger partial charge is 0.159 e. The Morgan fingerprint density at radius 3 is 3.00 bits per heavy atom. The molecule has 0 N–H and O–H groups in total. The number of fused-ring (bicyclic) bond motifs is 1. The molecule has 1 heterocycles. The molecule has 16 heavy (non-hydrogen) atoms. The normalized spacial score (nSPS) is 10.6. The highest BCUT2D eigenvalue weighted by molar-refractivity contribution is 9.10. The molecule has 2 aromatic rings. The van der Waals surface area contributed by atoms with Gasteiger partial charge in [-0.2, -0.15) is 0 Å². The Bertz CT molecular complexity index is 484. The highest BCUT2D eigenvalue weighted by atomic mass is 79.9. The van der Waals surface area contributed by atoms with Crippen molar-refractivity contribution in [3.05, 3.63) is 34.9 Å². The van der Waals surface area contributed by atoms with Crippen LogP contribution in [0, 0.1) is 0 Å². The fraction of sp³-hybridized carbons (Fsp3) is 0.308. The molecule has 3 heteroatoms. The number of benzene rings is 1. The van der Waals surface area contributed by atoms with E-state index < -0.39 is 0 Å². The fourth-order valence-corrected chi connectivity index (χ4v) is 1.98. The van der Waals surface area contributed by atoms with E-state index in [1.54, 1.807) is 6.20 Å². The summed E-state index contributed by atoms with van der Waals surface area (Å²) in [7, 11) is 0. The van der Waals surface area contributed by atoms with Gasteiger partial charge in [0.1, 0.15) is 5.52 Å². The second kappa shape index (κ2) is 5.30. The van der Waals surface area contributed by atoms with E-state index in [2.05, 4.69) is 27.8 Å². The lowest BCUT2D eigenvalue weighted by molar-refractivity contribution is 0.310. The first-order valence-corrected chi connectivity index (χ1v) is 6.28. The molecule has 0 unspecified atom stereocenters. The molecule has 0 bridgehead atoms. The lowest BCUT2D eigenvalue weighted by atomic mass is 10.2. The maximum absolute atomic E-state index is 5.78. The molecule has 0 saturated carbocycles. The van der Waals surface area contributed by atoms with Crippen molar-refractivity contribution in [1.29, 1.82) is 0 Å². The van der Waals surface area contributed by atoms with Crippen molar-refractivity contribution < 1.29 is 4.74 Å². The highest BCUT2D eigenvalue weighted by Crippen LogP contribution is 2.32.